The third kappa shape index (κ3) is 3.78. The second-order valence-electron chi connectivity index (χ2n) is 7.37. The van der Waals surface area contributed by atoms with Crippen LogP contribution in [0.1, 0.15) is 6.42 Å². The zero-order valence-electron chi connectivity index (χ0n) is 16.8. The van der Waals surface area contributed by atoms with E-state index < -0.39 is 0 Å². The summed E-state index contributed by atoms with van der Waals surface area (Å²) in [6.45, 7) is 3.29. The average molecular weight is 396 g/mol. The van der Waals surface area contributed by atoms with Gasteiger partial charge in [0.05, 0.1) is 52.5 Å². The van der Waals surface area contributed by atoms with Gasteiger partial charge in [-0.25, -0.2) is 4.90 Å². The predicted molar refractivity (Wildman–Crippen MR) is 110 cm³/mol. The van der Waals surface area contributed by atoms with E-state index in [-0.39, 0.29) is 24.3 Å². The minimum Gasteiger partial charge on any atom is -0.497 e. The van der Waals surface area contributed by atoms with E-state index >= 15 is 0 Å². The molecule has 2 amide bonds. The molecule has 2 aliphatic heterocycles. The van der Waals surface area contributed by atoms with Gasteiger partial charge in [0, 0.05) is 17.8 Å². The van der Waals surface area contributed by atoms with Crippen molar-refractivity contribution in [3.8, 4) is 11.5 Å². The molecule has 7 nitrogen and oxygen atoms in total. The molecule has 1 N–H and O–H groups in total. The summed E-state index contributed by atoms with van der Waals surface area (Å²) < 4.78 is 10.5. The fourth-order valence-electron chi connectivity index (χ4n) is 4.18. The van der Waals surface area contributed by atoms with Crippen molar-refractivity contribution in [2.24, 2.45) is 0 Å². The first kappa shape index (κ1) is 19.3. The molecule has 4 rings (SSSR count). The molecule has 2 aliphatic rings. The van der Waals surface area contributed by atoms with Crippen molar-refractivity contribution in [3.05, 3.63) is 48.5 Å². The first-order valence-electron chi connectivity index (χ1n) is 9.85. The van der Waals surface area contributed by atoms with Crippen molar-refractivity contribution in [3.63, 3.8) is 0 Å². The van der Waals surface area contributed by atoms with Crippen LogP contribution in [0.5, 0.6) is 11.5 Å². The molecule has 2 heterocycles. The first-order chi connectivity index (χ1) is 14.1. The van der Waals surface area contributed by atoms with Gasteiger partial charge in [-0.2, -0.15) is 0 Å². The highest BCUT2D eigenvalue weighted by Gasteiger charge is 2.46. The van der Waals surface area contributed by atoms with E-state index in [0.717, 1.165) is 37.6 Å². The zero-order chi connectivity index (χ0) is 20.4. The van der Waals surface area contributed by atoms with E-state index in [1.165, 1.54) is 9.80 Å². The Morgan fingerprint density at radius 1 is 0.897 bits per heavy atom. The summed E-state index contributed by atoms with van der Waals surface area (Å²) in [6.07, 6.45) is 0.255. The number of hydrogen-bond donors (Lipinski definition) is 1. The van der Waals surface area contributed by atoms with Crippen LogP contribution in [-0.2, 0) is 9.59 Å². The number of carbonyl (C=O) groups is 2. The SMILES string of the molecule is COc1cccc(N2CC[NH+]([C@H]3CC(=O)N(c4cccc(OC)c4)C3=O)CC2)c1. The quantitative estimate of drug-likeness (QED) is 0.756. The van der Waals surface area contributed by atoms with Crippen molar-refractivity contribution in [1.29, 1.82) is 0 Å². The van der Waals surface area contributed by atoms with Gasteiger partial charge in [-0.1, -0.05) is 12.1 Å². The third-order valence-corrected chi connectivity index (χ3v) is 5.78. The second-order valence-corrected chi connectivity index (χ2v) is 7.37. The highest BCUT2D eigenvalue weighted by molar-refractivity contribution is 6.21. The van der Waals surface area contributed by atoms with Crippen LogP contribution in [0.4, 0.5) is 11.4 Å². The number of ether oxygens (including phenoxy) is 2. The molecule has 0 radical (unpaired) electrons. The molecular weight excluding hydrogens is 370 g/mol. The van der Waals surface area contributed by atoms with Gasteiger partial charge >= 0.3 is 0 Å². The number of amides is 2. The standard InChI is InChI=1S/C22H25N3O4/c1-28-18-7-3-5-16(13-18)23-9-11-24(12-10-23)20-15-21(26)25(22(20)27)17-6-4-8-19(14-17)29-2/h3-8,13-14,20H,9-12,15H2,1-2H3/p+1/t20-/m0/s1. The van der Waals surface area contributed by atoms with E-state index in [4.69, 9.17) is 9.47 Å². The van der Waals surface area contributed by atoms with Crippen molar-refractivity contribution in [2.45, 2.75) is 12.5 Å². The van der Waals surface area contributed by atoms with E-state index in [9.17, 15) is 9.59 Å². The number of carbonyl (C=O) groups excluding carboxylic acids is 2. The van der Waals surface area contributed by atoms with E-state index in [0.29, 0.717) is 11.4 Å². The topological polar surface area (TPSA) is 63.5 Å². The lowest BCUT2D eigenvalue weighted by Gasteiger charge is -2.35. The van der Waals surface area contributed by atoms with Crippen molar-refractivity contribution in [2.75, 3.05) is 50.2 Å². The molecule has 0 spiro atoms. The molecule has 0 saturated carbocycles. The van der Waals surface area contributed by atoms with Gasteiger partial charge in [0.1, 0.15) is 11.5 Å². The number of nitrogens with one attached hydrogen (secondary N) is 1. The maximum absolute atomic E-state index is 13.1. The van der Waals surface area contributed by atoms with Gasteiger partial charge in [-0.3, -0.25) is 9.59 Å². The molecule has 2 aromatic carbocycles. The highest BCUT2D eigenvalue weighted by Crippen LogP contribution is 2.26. The Morgan fingerprint density at radius 3 is 2.10 bits per heavy atom. The fourth-order valence-corrected chi connectivity index (χ4v) is 4.18. The van der Waals surface area contributed by atoms with Crippen molar-refractivity contribution in [1.82, 2.24) is 0 Å². The van der Waals surface area contributed by atoms with E-state index in [1.807, 2.05) is 18.2 Å². The number of hydrogen-bond acceptors (Lipinski definition) is 5. The van der Waals surface area contributed by atoms with Crippen molar-refractivity contribution < 1.29 is 24.0 Å². The number of quaternary nitrogens is 1. The minimum absolute atomic E-state index is 0.118. The zero-order valence-corrected chi connectivity index (χ0v) is 16.8. The molecule has 29 heavy (non-hydrogen) atoms. The Kier molecular flexibility index (Phi) is 5.40. The summed E-state index contributed by atoms with van der Waals surface area (Å²) >= 11 is 0. The van der Waals surface area contributed by atoms with E-state index in [2.05, 4.69) is 11.0 Å². The van der Waals surface area contributed by atoms with Gasteiger partial charge in [0.2, 0.25) is 5.91 Å². The van der Waals surface area contributed by atoms with Crippen molar-refractivity contribution >= 4 is 23.2 Å². The normalized spacial score (nSPS) is 20.3. The second kappa shape index (κ2) is 8.13. The van der Waals surface area contributed by atoms with Crippen LogP contribution in [0.3, 0.4) is 0 Å². The van der Waals surface area contributed by atoms with Crippen LogP contribution in [0.2, 0.25) is 0 Å². The number of piperazine rings is 1. The van der Waals surface area contributed by atoms with Crippen LogP contribution in [0.25, 0.3) is 0 Å². The minimum atomic E-state index is -0.318. The number of benzene rings is 2. The average Bonchev–Trinajstić information content (AvgIpc) is 3.07. The monoisotopic (exact) mass is 396 g/mol. The summed E-state index contributed by atoms with van der Waals surface area (Å²) in [5.41, 5.74) is 1.70. The van der Waals surface area contributed by atoms with Gasteiger partial charge in [-0.15, -0.1) is 0 Å². The number of imide groups is 1. The molecule has 152 valence electrons. The molecule has 0 unspecified atom stereocenters. The Bertz CT molecular complexity index is 908. The lowest BCUT2D eigenvalue weighted by molar-refractivity contribution is -0.915. The fraction of sp³-hybridized carbons (Fsp3) is 0.364. The van der Waals surface area contributed by atoms with Crippen LogP contribution in [-0.4, -0.2) is 58.3 Å². The summed E-state index contributed by atoms with van der Waals surface area (Å²) in [6, 6.07) is 14.8. The Hall–Kier alpha value is -3.06. The van der Waals surface area contributed by atoms with Crippen LogP contribution >= 0.6 is 0 Å². The molecule has 7 heteroatoms. The third-order valence-electron chi connectivity index (χ3n) is 5.78. The van der Waals surface area contributed by atoms with Crippen LogP contribution < -0.4 is 24.2 Å². The van der Waals surface area contributed by atoms with E-state index in [1.54, 1.807) is 38.5 Å². The summed E-state index contributed by atoms with van der Waals surface area (Å²) in [7, 11) is 3.24. The number of anilines is 2. The lowest BCUT2D eigenvalue weighted by atomic mass is 10.1. The molecule has 2 saturated heterocycles. The predicted octanol–water partition coefficient (Wildman–Crippen LogP) is 0.741. The molecule has 2 aromatic rings. The molecular formula is C22H26N3O4+. The van der Waals surface area contributed by atoms with Crippen LogP contribution in [0, 0.1) is 0 Å². The molecule has 2 fully saturated rings. The summed E-state index contributed by atoms with van der Waals surface area (Å²) in [5.74, 6) is 1.21. The van der Waals surface area contributed by atoms with Crippen LogP contribution in [0.15, 0.2) is 48.5 Å². The number of nitrogens with zero attached hydrogens (tertiary/aromatic N) is 2. The summed E-state index contributed by atoms with van der Waals surface area (Å²) in [4.78, 5) is 30.5. The Morgan fingerprint density at radius 2 is 1.48 bits per heavy atom. The number of methoxy groups -OCH3 is 2. The molecule has 0 aromatic heterocycles. The molecule has 0 bridgehead atoms. The highest BCUT2D eigenvalue weighted by atomic mass is 16.5. The largest absolute Gasteiger partial charge is 0.497 e. The van der Waals surface area contributed by atoms with Gasteiger partial charge in [0.25, 0.3) is 5.91 Å². The molecule has 0 aliphatic carbocycles. The lowest BCUT2D eigenvalue weighted by Crippen LogP contribution is -3.19. The molecule has 1 atom stereocenters. The number of rotatable bonds is 5. The maximum atomic E-state index is 13.1. The summed E-state index contributed by atoms with van der Waals surface area (Å²) in [5, 5.41) is 0. The Labute approximate surface area is 170 Å². The van der Waals surface area contributed by atoms with Gasteiger partial charge in [0.15, 0.2) is 6.04 Å². The first-order valence-corrected chi connectivity index (χ1v) is 9.85. The maximum Gasteiger partial charge on any atom is 0.292 e. The van der Waals surface area contributed by atoms with Gasteiger partial charge in [-0.05, 0) is 24.3 Å². The Balaban J connectivity index is 1.43. The van der Waals surface area contributed by atoms with Gasteiger partial charge < -0.3 is 19.3 Å². The smallest absolute Gasteiger partial charge is 0.292 e.